The zero-order valence-corrected chi connectivity index (χ0v) is 9.25. The number of aliphatic imine (C=N–C) groups is 1. The molecule has 0 aliphatic heterocycles. The van der Waals surface area contributed by atoms with Gasteiger partial charge in [0.05, 0.1) is 5.69 Å². The van der Waals surface area contributed by atoms with Gasteiger partial charge in [0.15, 0.2) is 5.96 Å². The fourth-order valence-electron chi connectivity index (χ4n) is 1.11. The van der Waals surface area contributed by atoms with Crippen molar-refractivity contribution in [1.29, 1.82) is 0 Å². The molecule has 0 bridgehead atoms. The number of nitrogens with zero attached hydrogens (tertiary/aromatic N) is 1. The van der Waals surface area contributed by atoms with Crippen LogP contribution in [-0.2, 0) is 0 Å². The van der Waals surface area contributed by atoms with Crippen molar-refractivity contribution in [1.82, 2.24) is 5.32 Å². The highest BCUT2D eigenvalue weighted by Gasteiger charge is 2.03. The van der Waals surface area contributed by atoms with Crippen LogP contribution in [0.3, 0.4) is 0 Å². The monoisotopic (exact) mass is 197 g/mol. The number of anilines is 1. The van der Waals surface area contributed by atoms with Crippen molar-refractivity contribution in [2.45, 2.75) is 13.8 Å². The first-order chi connectivity index (χ1) is 6.17. The molecule has 0 unspecified atom stereocenters. The van der Waals surface area contributed by atoms with E-state index < -0.39 is 0 Å². The Labute approximate surface area is 82.9 Å². The maximum absolute atomic E-state index is 4.05. The van der Waals surface area contributed by atoms with Crippen LogP contribution >= 0.6 is 11.3 Å². The van der Waals surface area contributed by atoms with E-state index >= 15 is 0 Å². The molecule has 2 N–H and O–H groups in total. The Morgan fingerprint density at radius 2 is 2.15 bits per heavy atom. The summed E-state index contributed by atoms with van der Waals surface area (Å²) in [4.78, 5) is 6.65. The zero-order valence-electron chi connectivity index (χ0n) is 8.43. The Morgan fingerprint density at radius 1 is 1.46 bits per heavy atom. The van der Waals surface area contributed by atoms with E-state index in [0.29, 0.717) is 0 Å². The van der Waals surface area contributed by atoms with Crippen molar-refractivity contribution in [3.63, 3.8) is 0 Å². The summed E-state index contributed by atoms with van der Waals surface area (Å²) >= 11 is 1.79. The second-order valence-electron chi connectivity index (χ2n) is 2.77. The summed E-state index contributed by atoms with van der Waals surface area (Å²) in [7, 11) is 3.61. The van der Waals surface area contributed by atoms with Crippen LogP contribution in [0.25, 0.3) is 0 Å². The highest BCUT2D eigenvalue weighted by Crippen LogP contribution is 2.24. The number of hydrogen-bond acceptors (Lipinski definition) is 2. The van der Waals surface area contributed by atoms with E-state index in [1.165, 1.54) is 9.75 Å². The first kappa shape index (κ1) is 10.1. The SMILES string of the molecule is CN=C(NC)Nc1cc(C)sc1C. The van der Waals surface area contributed by atoms with Gasteiger partial charge in [-0.05, 0) is 19.9 Å². The Morgan fingerprint density at radius 3 is 2.54 bits per heavy atom. The summed E-state index contributed by atoms with van der Waals surface area (Å²) in [6, 6.07) is 2.13. The highest BCUT2D eigenvalue weighted by molar-refractivity contribution is 7.12. The number of aryl methyl sites for hydroxylation is 2. The average Bonchev–Trinajstić information content (AvgIpc) is 2.41. The van der Waals surface area contributed by atoms with E-state index in [9.17, 15) is 0 Å². The maximum Gasteiger partial charge on any atom is 0.195 e. The summed E-state index contributed by atoms with van der Waals surface area (Å²) in [5.41, 5.74) is 1.14. The minimum Gasteiger partial charge on any atom is -0.359 e. The molecule has 72 valence electrons. The molecule has 1 aromatic heterocycles. The molecular formula is C9H15N3S. The smallest absolute Gasteiger partial charge is 0.195 e. The van der Waals surface area contributed by atoms with Crippen LogP contribution in [-0.4, -0.2) is 20.1 Å². The molecule has 0 aliphatic carbocycles. The van der Waals surface area contributed by atoms with E-state index in [-0.39, 0.29) is 0 Å². The average molecular weight is 197 g/mol. The normalized spacial score (nSPS) is 11.5. The third kappa shape index (κ3) is 2.45. The molecule has 0 atom stereocenters. The fourth-order valence-corrected chi connectivity index (χ4v) is 1.99. The van der Waals surface area contributed by atoms with E-state index in [2.05, 4.69) is 35.5 Å². The van der Waals surface area contributed by atoms with Crippen molar-refractivity contribution in [3.8, 4) is 0 Å². The Balaban J connectivity index is 2.79. The van der Waals surface area contributed by atoms with Gasteiger partial charge in [-0.3, -0.25) is 4.99 Å². The minimum atomic E-state index is 0.793. The Kier molecular flexibility index (Phi) is 3.31. The standard InChI is InChI=1S/C9H15N3S/c1-6-5-8(7(2)13-6)12-9(10-3)11-4/h5H,1-4H3,(H2,10,11,12). The van der Waals surface area contributed by atoms with Crippen molar-refractivity contribution < 1.29 is 0 Å². The third-order valence-electron chi connectivity index (χ3n) is 1.75. The first-order valence-electron chi connectivity index (χ1n) is 4.16. The number of rotatable bonds is 1. The number of hydrogen-bond donors (Lipinski definition) is 2. The molecule has 1 heterocycles. The summed E-state index contributed by atoms with van der Waals surface area (Å²) in [5, 5.41) is 6.20. The van der Waals surface area contributed by atoms with Crippen LogP contribution < -0.4 is 10.6 Å². The summed E-state index contributed by atoms with van der Waals surface area (Å²) in [6.07, 6.45) is 0. The number of thiophene rings is 1. The zero-order chi connectivity index (χ0) is 9.84. The first-order valence-corrected chi connectivity index (χ1v) is 4.97. The van der Waals surface area contributed by atoms with Crippen LogP contribution in [0, 0.1) is 13.8 Å². The van der Waals surface area contributed by atoms with Crippen LogP contribution in [0.15, 0.2) is 11.1 Å². The van der Waals surface area contributed by atoms with Gasteiger partial charge in [0.2, 0.25) is 0 Å². The van der Waals surface area contributed by atoms with E-state index in [1.54, 1.807) is 18.4 Å². The molecular weight excluding hydrogens is 182 g/mol. The second-order valence-corrected chi connectivity index (χ2v) is 4.23. The van der Waals surface area contributed by atoms with Crippen LogP contribution in [0.5, 0.6) is 0 Å². The molecule has 0 aliphatic rings. The molecule has 0 spiro atoms. The highest BCUT2D eigenvalue weighted by atomic mass is 32.1. The lowest BCUT2D eigenvalue weighted by atomic mass is 10.4. The largest absolute Gasteiger partial charge is 0.359 e. The van der Waals surface area contributed by atoms with Gasteiger partial charge in [0.25, 0.3) is 0 Å². The lowest BCUT2D eigenvalue weighted by Gasteiger charge is -2.06. The molecule has 3 nitrogen and oxygen atoms in total. The number of guanidine groups is 1. The molecule has 0 radical (unpaired) electrons. The van der Waals surface area contributed by atoms with E-state index in [4.69, 9.17) is 0 Å². The summed E-state index contributed by atoms with van der Waals surface area (Å²) in [6.45, 7) is 4.20. The molecule has 0 saturated carbocycles. The maximum atomic E-state index is 4.05. The second kappa shape index (κ2) is 4.28. The lowest BCUT2D eigenvalue weighted by molar-refractivity contribution is 1.14. The van der Waals surface area contributed by atoms with Crippen LogP contribution in [0.4, 0.5) is 5.69 Å². The topological polar surface area (TPSA) is 36.4 Å². The van der Waals surface area contributed by atoms with Crippen molar-refractivity contribution in [3.05, 3.63) is 15.8 Å². The van der Waals surface area contributed by atoms with Gasteiger partial charge in [-0.25, -0.2) is 0 Å². The molecule has 0 saturated heterocycles. The van der Waals surface area contributed by atoms with Gasteiger partial charge in [-0.1, -0.05) is 0 Å². The van der Waals surface area contributed by atoms with Crippen molar-refractivity contribution in [2.75, 3.05) is 19.4 Å². The summed E-state index contributed by atoms with van der Waals surface area (Å²) < 4.78 is 0. The van der Waals surface area contributed by atoms with Crippen LogP contribution in [0.2, 0.25) is 0 Å². The quantitative estimate of drug-likeness (QED) is 0.533. The Bertz CT molecular complexity index is 315. The fraction of sp³-hybridized carbons (Fsp3) is 0.444. The predicted molar refractivity (Wildman–Crippen MR) is 59.8 cm³/mol. The molecule has 0 amide bonds. The van der Waals surface area contributed by atoms with Gasteiger partial charge in [-0.15, -0.1) is 11.3 Å². The minimum absolute atomic E-state index is 0.793. The van der Waals surface area contributed by atoms with Gasteiger partial charge in [-0.2, -0.15) is 0 Å². The van der Waals surface area contributed by atoms with Crippen molar-refractivity contribution in [2.24, 2.45) is 4.99 Å². The van der Waals surface area contributed by atoms with E-state index in [0.717, 1.165) is 11.6 Å². The molecule has 1 rings (SSSR count). The lowest BCUT2D eigenvalue weighted by Crippen LogP contribution is -2.26. The van der Waals surface area contributed by atoms with Gasteiger partial charge >= 0.3 is 0 Å². The molecule has 4 heteroatoms. The molecule has 0 fully saturated rings. The van der Waals surface area contributed by atoms with Gasteiger partial charge < -0.3 is 10.6 Å². The third-order valence-corrected chi connectivity index (χ3v) is 2.72. The van der Waals surface area contributed by atoms with Crippen LogP contribution in [0.1, 0.15) is 9.75 Å². The number of nitrogens with one attached hydrogen (secondary N) is 2. The molecule has 0 aromatic carbocycles. The summed E-state index contributed by atoms with van der Waals surface area (Å²) in [5.74, 6) is 0.793. The predicted octanol–water partition coefficient (Wildman–Crippen LogP) is 1.98. The molecule has 13 heavy (non-hydrogen) atoms. The van der Waals surface area contributed by atoms with E-state index in [1.807, 2.05) is 7.05 Å². The Hall–Kier alpha value is -1.03. The van der Waals surface area contributed by atoms with Gasteiger partial charge in [0, 0.05) is 23.8 Å². The van der Waals surface area contributed by atoms with Crippen molar-refractivity contribution >= 4 is 23.0 Å². The van der Waals surface area contributed by atoms with Gasteiger partial charge in [0.1, 0.15) is 0 Å². The molecule has 1 aromatic rings.